The molecular formula is C48H30O12. The van der Waals surface area contributed by atoms with Crippen molar-refractivity contribution in [2.45, 2.75) is 12.5 Å². The summed E-state index contributed by atoms with van der Waals surface area (Å²) in [5, 5.41) is 18.8. The number of fused-ring (bicyclic) bond motifs is 7. The minimum absolute atomic E-state index is 0.00740. The number of rotatable bonds is 4. The predicted octanol–water partition coefficient (Wildman–Crippen LogP) is 8.11. The molecule has 294 valence electrons. The second kappa shape index (κ2) is 17.0. The highest BCUT2D eigenvalue weighted by Crippen LogP contribution is 2.39. The summed E-state index contributed by atoms with van der Waals surface area (Å²) in [5.74, 6) is -3.81. The number of hydrogen-bond acceptors (Lipinski definition) is 10. The van der Waals surface area contributed by atoms with Gasteiger partial charge in [0.25, 0.3) is 0 Å². The summed E-state index contributed by atoms with van der Waals surface area (Å²) in [5.41, 5.74) is 4.32. The van der Waals surface area contributed by atoms with E-state index in [0.29, 0.717) is 62.8 Å². The summed E-state index contributed by atoms with van der Waals surface area (Å²) in [4.78, 5) is 91.9. The van der Waals surface area contributed by atoms with Crippen molar-refractivity contribution < 1.29 is 52.9 Å². The van der Waals surface area contributed by atoms with Gasteiger partial charge in [0.2, 0.25) is 0 Å². The monoisotopic (exact) mass is 798 g/mol. The van der Waals surface area contributed by atoms with Crippen LogP contribution >= 0.6 is 0 Å². The number of carbonyl (C=O) groups excluding carboxylic acids is 5. The van der Waals surface area contributed by atoms with Crippen molar-refractivity contribution in [3.63, 3.8) is 0 Å². The smallest absolute Gasteiger partial charge is 0.344 e. The number of carboxylic acid groups (broad SMARTS) is 2. The number of esters is 1. The van der Waals surface area contributed by atoms with Crippen LogP contribution in [0.4, 0.5) is 0 Å². The molecule has 12 nitrogen and oxygen atoms in total. The summed E-state index contributed by atoms with van der Waals surface area (Å²) in [7, 11) is 0. The standard InChI is InChI=1S/C16H10O4.C16H8O3.C8H6O3.C8H6O2/c17-14-10-6-2-3-7-11(10)15(18)13(14)9-5-1-4-8-12(9)16(19)20;17-14-10-6-2-3-7-11(10)15-13(14)9-5-1-4-8-12(9)16(18)19-15;9-5-6-3-1-2-4-7(6)8(10)11;9-8-7-4-2-1-3-6(7)5-10-8/h1-8,13H,(H,19,20);1-8H;1-5H,(H,10,11);1-4H,5H2. The average molecular weight is 799 g/mol. The molecule has 2 aliphatic carbocycles. The summed E-state index contributed by atoms with van der Waals surface area (Å²) >= 11 is 0. The fourth-order valence-electron chi connectivity index (χ4n) is 7.06. The number of cyclic esters (lactones) is 1. The number of ketones is 3. The lowest BCUT2D eigenvalue weighted by Crippen LogP contribution is -2.16. The number of Topliss-reactive ketones (excluding diaryl/α,β-unsaturated/α-hetero) is 2. The molecule has 0 bridgehead atoms. The van der Waals surface area contributed by atoms with Gasteiger partial charge < -0.3 is 19.4 Å². The fourth-order valence-corrected chi connectivity index (χ4v) is 7.06. The van der Waals surface area contributed by atoms with E-state index in [4.69, 9.17) is 14.3 Å². The number of benzene rings is 6. The van der Waals surface area contributed by atoms with Crippen molar-refractivity contribution in [3.05, 3.63) is 212 Å². The maximum Gasteiger partial charge on any atom is 0.344 e. The van der Waals surface area contributed by atoms with Gasteiger partial charge in [-0.25, -0.2) is 19.2 Å². The van der Waals surface area contributed by atoms with Crippen LogP contribution in [0.15, 0.2) is 155 Å². The van der Waals surface area contributed by atoms with Gasteiger partial charge in [-0.2, -0.15) is 0 Å². The van der Waals surface area contributed by atoms with Crippen LogP contribution in [0.3, 0.4) is 0 Å². The van der Waals surface area contributed by atoms with E-state index < -0.39 is 23.5 Å². The van der Waals surface area contributed by atoms with Crippen molar-refractivity contribution in [1.82, 2.24) is 0 Å². The molecule has 0 radical (unpaired) electrons. The Morgan fingerprint density at radius 2 is 1.05 bits per heavy atom. The van der Waals surface area contributed by atoms with Gasteiger partial charge in [0.1, 0.15) is 12.5 Å². The quantitative estimate of drug-likeness (QED) is 0.0986. The Hall–Kier alpha value is -8.38. The van der Waals surface area contributed by atoms with E-state index in [1.165, 1.54) is 24.3 Å². The van der Waals surface area contributed by atoms with Gasteiger partial charge >= 0.3 is 23.5 Å². The van der Waals surface area contributed by atoms with Gasteiger partial charge in [0.05, 0.1) is 27.6 Å². The van der Waals surface area contributed by atoms with E-state index >= 15 is 0 Å². The first kappa shape index (κ1) is 39.8. The molecule has 2 N–H and O–H groups in total. The second-order valence-corrected chi connectivity index (χ2v) is 13.4. The largest absolute Gasteiger partial charge is 0.478 e. The molecule has 0 fully saturated rings. The van der Waals surface area contributed by atoms with Gasteiger partial charge in [-0.05, 0) is 29.8 Å². The number of hydrogen-bond donors (Lipinski definition) is 2. The number of aromatic carboxylic acids is 2. The minimum atomic E-state index is -1.14. The Labute approximate surface area is 339 Å². The highest BCUT2D eigenvalue weighted by Gasteiger charge is 2.41. The van der Waals surface area contributed by atoms with E-state index in [1.807, 2.05) is 36.4 Å². The molecule has 0 saturated carbocycles. The summed E-state index contributed by atoms with van der Waals surface area (Å²) in [6, 6.07) is 40.4. The van der Waals surface area contributed by atoms with E-state index in [-0.39, 0.29) is 45.6 Å². The maximum atomic E-state index is 12.5. The SMILES string of the molecule is O=C(O)c1ccccc1C1C(=O)c2ccccc2C1=O.O=C1OCc2ccccc21.O=C1c2ccccc2-c2oc(=O)c3ccccc3c21.O=Cc1ccccc1C(=O)O. The molecule has 1 aromatic heterocycles. The van der Waals surface area contributed by atoms with Crippen LogP contribution in [0.25, 0.3) is 22.1 Å². The summed E-state index contributed by atoms with van der Waals surface area (Å²) in [6.07, 6.45) is 0.531. The highest BCUT2D eigenvalue weighted by atomic mass is 16.5. The Morgan fingerprint density at radius 1 is 0.550 bits per heavy atom. The molecule has 10 rings (SSSR count). The number of carbonyl (C=O) groups is 7. The van der Waals surface area contributed by atoms with Crippen LogP contribution in [-0.2, 0) is 11.3 Å². The topological polar surface area (TPSA) is 199 Å². The van der Waals surface area contributed by atoms with Crippen LogP contribution in [-0.4, -0.2) is 51.8 Å². The maximum absolute atomic E-state index is 12.5. The van der Waals surface area contributed by atoms with Gasteiger partial charge in [-0.15, -0.1) is 0 Å². The molecule has 2 heterocycles. The van der Waals surface area contributed by atoms with Crippen molar-refractivity contribution in [1.29, 1.82) is 0 Å². The van der Waals surface area contributed by atoms with Crippen LogP contribution < -0.4 is 5.63 Å². The first-order chi connectivity index (χ1) is 29.0. The number of carboxylic acids is 2. The van der Waals surface area contributed by atoms with Crippen molar-refractivity contribution in [2.75, 3.05) is 0 Å². The number of ether oxygens (including phenoxy) is 1. The third kappa shape index (κ3) is 7.55. The molecule has 0 unspecified atom stereocenters. The lowest BCUT2D eigenvalue weighted by atomic mass is 9.90. The minimum Gasteiger partial charge on any atom is -0.478 e. The van der Waals surface area contributed by atoms with Crippen molar-refractivity contribution in [3.8, 4) is 11.3 Å². The first-order valence-electron chi connectivity index (χ1n) is 18.2. The normalized spacial score (nSPS) is 12.9. The van der Waals surface area contributed by atoms with Gasteiger partial charge in [-0.1, -0.05) is 121 Å². The molecular weight excluding hydrogens is 769 g/mol. The van der Waals surface area contributed by atoms with Crippen LogP contribution in [0, 0.1) is 0 Å². The second-order valence-electron chi connectivity index (χ2n) is 13.4. The summed E-state index contributed by atoms with van der Waals surface area (Å²) < 4.78 is 10.1. The van der Waals surface area contributed by atoms with Gasteiger partial charge in [0, 0.05) is 38.8 Å². The third-order valence-electron chi connectivity index (χ3n) is 9.88. The molecule has 12 heteroatoms. The molecule has 6 aromatic carbocycles. The zero-order valence-electron chi connectivity index (χ0n) is 31.2. The zero-order valence-corrected chi connectivity index (χ0v) is 31.2. The third-order valence-corrected chi connectivity index (χ3v) is 9.88. The molecule has 0 atom stereocenters. The zero-order chi connectivity index (χ0) is 42.5. The van der Waals surface area contributed by atoms with Crippen molar-refractivity contribution in [2.24, 2.45) is 0 Å². The lowest BCUT2D eigenvalue weighted by molar-refractivity contribution is 0.0533. The number of aldehydes is 1. The fraction of sp³-hybridized carbons (Fsp3) is 0.0417. The van der Waals surface area contributed by atoms with Gasteiger partial charge in [0.15, 0.2) is 29.4 Å². The Balaban J connectivity index is 0.000000126. The van der Waals surface area contributed by atoms with Crippen LogP contribution in [0.2, 0.25) is 0 Å². The molecule has 0 amide bonds. The lowest BCUT2D eigenvalue weighted by Gasteiger charge is -2.10. The molecule has 0 spiro atoms. The Kier molecular flexibility index (Phi) is 11.3. The predicted molar refractivity (Wildman–Crippen MR) is 217 cm³/mol. The van der Waals surface area contributed by atoms with Crippen LogP contribution in [0.1, 0.15) is 95.1 Å². The average Bonchev–Trinajstić information content (AvgIpc) is 3.89. The van der Waals surface area contributed by atoms with Crippen LogP contribution in [0.5, 0.6) is 0 Å². The Bertz CT molecular complexity index is 2940. The molecule has 60 heavy (non-hydrogen) atoms. The first-order valence-corrected chi connectivity index (χ1v) is 18.2. The van der Waals surface area contributed by atoms with E-state index in [0.717, 1.165) is 5.56 Å². The van der Waals surface area contributed by atoms with E-state index in [2.05, 4.69) is 0 Å². The molecule has 7 aromatic rings. The van der Waals surface area contributed by atoms with Gasteiger partial charge in [-0.3, -0.25) is 19.2 Å². The van der Waals surface area contributed by atoms with Crippen molar-refractivity contribution >= 4 is 52.3 Å². The summed E-state index contributed by atoms with van der Waals surface area (Å²) in [6.45, 7) is 0.439. The molecule has 1 aliphatic heterocycles. The molecule has 0 saturated heterocycles. The van der Waals surface area contributed by atoms with E-state index in [1.54, 1.807) is 84.9 Å². The Morgan fingerprint density at radius 3 is 1.65 bits per heavy atom. The van der Waals surface area contributed by atoms with E-state index in [9.17, 15) is 43.5 Å². The highest BCUT2D eigenvalue weighted by molar-refractivity contribution is 6.30. The molecule has 3 aliphatic rings.